The Morgan fingerprint density at radius 2 is 1.81 bits per heavy atom. The Hall–Kier alpha value is -2.55. The zero-order valence-electron chi connectivity index (χ0n) is 12.5. The Labute approximate surface area is 124 Å². The van der Waals surface area contributed by atoms with E-state index in [2.05, 4.69) is 41.5 Å². The van der Waals surface area contributed by atoms with Crippen molar-refractivity contribution in [2.45, 2.75) is 13.8 Å². The highest BCUT2D eigenvalue weighted by atomic mass is 16.5. The normalized spacial score (nSPS) is 10.6. The summed E-state index contributed by atoms with van der Waals surface area (Å²) in [4.78, 5) is 4.65. The number of hydrogen-bond acceptors (Lipinski definition) is 3. The van der Waals surface area contributed by atoms with Crippen LogP contribution >= 0.6 is 0 Å². The lowest BCUT2D eigenvalue weighted by molar-refractivity contribution is 0.415. The minimum atomic E-state index is 0.839. The van der Waals surface area contributed by atoms with Crippen molar-refractivity contribution in [1.82, 2.24) is 4.98 Å². The number of aryl methyl sites for hydroxylation is 2. The zero-order chi connectivity index (χ0) is 14.8. The summed E-state index contributed by atoms with van der Waals surface area (Å²) in [7, 11) is 1.68. The molecule has 0 amide bonds. The number of rotatable bonds is 3. The fourth-order valence-electron chi connectivity index (χ4n) is 2.48. The molecule has 106 valence electrons. The lowest BCUT2D eigenvalue weighted by atomic mass is 10.1. The second-order valence-corrected chi connectivity index (χ2v) is 5.14. The molecule has 3 rings (SSSR count). The molecule has 0 radical (unpaired) electrons. The number of pyridine rings is 1. The van der Waals surface area contributed by atoms with Crippen molar-refractivity contribution in [2.75, 3.05) is 12.4 Å². The summed E-state index contributed by atoms with van der Waals surface area (Å²) in [6.45, 7) is 4.10. The summed E-state index contributed by atoms with van der Waals surface area (Å²) in [5.74, 6) is 0.839. The highest BCUT2D eigenvalue weighted by Gasteiger charge is 2.06. The number of anilines is 2. The molecule has 0 aliphatic rings. The van der Waals surface area contributed by atoms with Gasteiger partial charge >= 0.3 is 0 Å². The lowest BCUT2D eigenvalue weighted by Gasteiger charge is -2.12. The van der Waals surface area contributed by atoms with Gasteiger partial charge in [-0.25, -0.2) is 0 Å². The van der Waals surface area contributed by atoms with Crippen molar-refractivity contribution in [3.63, 3.8) is 0 Å². The van der Waals surface area contributed by atoms with Crippen molar-refractivity contribution in [3.05, 3.63) is 59.8 Å². The molecule has 0 bridgehead atoms. The van der Waals surface area contributed by atoms with Gasteiger partial charge in [-0.3, -0.25) is 4.98 Å². The molecule has 3 aromatic rings. The SMILES string of the molecule is COc1cccc(Nc2cc(C)nc3c(C)cccc23)c1. The maximum Gasteiger partial charge on any atom is 0.120 e. The van der Waals surface area contributed by atoms with E-state index in [0.717, 1.165) is 33.7 Å². The summed E-state index contributed by atoms with van der Waals surface area (Å²) < 4.78 is 5.27. The minimum absolute atomic E-state index is 0.839. The molecular formula is C18H18N2O. The highest BCUT2D eigenvalue weighted by Crippen LogP contribution is 2.29. The first kappa shape index (κ1) is 13.4. The van der Waals surface area contributed by atoms with Crippen LogP contribution in [0.5, 0.6) is 5.75 Å². The van der Waals surface area contributed by atoms with E-state index in [9.17, 15) is 0 Å². The Balaban J connectivity index is 2.09. The van der Waals surface area contributed by atoms with Crippen molar-refractivity contribution < 1.29 is 4.74 Å². The summed E-state index contributed by atoms with van der Waals surface area (Å²) in [6.07, 6.45) is 0. The van der Waals surface area contributed by atoms with Gasteiger partial charge in [0.05, 0.1) is 12.6 Å². The zero-order valence-corrected chi connectivity index (χ0v) is 12.5. The fourth-order valence-corrected chi connectivity index (χ4v) is 2.48. The Kier molecular flexibility index (Phi) is 3.48. The van der Waals surface area contributed by atoms with Crippen LogP contribution in [0.15, 0.2) is 48.5 Å². The molecule has 0 unspecified atom stereocenters. The van der Waals surface area contributed by atoms with Gasteiger partial charge in [-0.1, -0.05) is 24.3 Å². The van der Waals surface area contributed by atoms with Gasteiger partial charge in [0.25, 0.3) is 0 Å². The Bertz CT molecular complexity index is 796. The molecule has 0 saturated carbocycles. The van der Waals surface area contributed by atoms with Crippen LogP contribution in [0.2, 0.25) is 0 Å². The number of benzene rings is 2. The standard InChI is InChI=1S/C18H18N2O/c1-12-6-4-9-16-17(10-13(2)19-18(12)16)20-14-7-5-8-15(11-14)21-3/h4-11H,1-3H3,(H,19,20). The van der Waals surface area contributed by atoms with E-state index in [0.29, 0.717) is 0 Å². The quantitative estimate of drug-likeness (QED) is 0.760. The highest BCUT2D eigenvalue weighted by molar-refractivity contribution is 5.94. The van der Waals surface area contributed by atoms with E-state index in [4.69, 9.17) is 4.74 Å². The van der Waals surface area contributed by atoms with E-state index in [1.165, 1.54) is 5.56 Å². The van der Waals surface area contributed by atoms with E-state index in [1.54, 1.807) is 7.11 Å². The predicted octanol–water partition coefficient (Wildman–Crippen LogP) is 4.60. The Morgan fingerprint density at radius 1 is 1.00 bits per heavy atom. The molecule has 3 heteroatoms. The molecule has 21 heavy (non-hydrogen) atoms. The first-order valence-electron chi connectivity index (χ1n) is 6.95. The number of methoxy groups -OCH3 is 1. The van der Waals surface area contributed by atoms with Crippen LogP contribution in [0, 0.1) is 13.8 Å². The lowest BCUT2D eigenvalue weighted by Crippen LogP contribution is -1.96. The third-order valence-electron chi connectivity index (χ3n) is 3.52. The largest absolute Gasteiger partial charge is 0.497 e. The van der Waals surface area contributed by atoms with Crippen LogP contribution in [0.3, 0.4) is 0 Å². The second-order valence-electron chi connectivity index (χ2n) is 5.14. The number of hydrogen-bond donors (Lipinski definition) is 1. The molecule has 0 saturated heterocycles. The van der Waals surface area contributed by atoms with Crippen molar-refractivity contribution in [3.8, 4) is 5.75 Å². The third kappa shape index (κ3) is 2.68. The molecule has 0 fully saturated rings. The second kappa shape index (κ2) is 5.44. The molecule has 1 aromatic heterocycles. The van der Waals surface area contributed by atoms with Gasteiger partial charge in [-0.15, -0.1) is 0 Å². The van der Waals surface area contributed by atoms with Crippen LogP contribution in [0.4, 0.5) is 11.4 Å². The van der Waals surface area contributed by atoms with Gasteiger partial charge in [0, 0.05) is 28.5 Å². The van der Waals surface area contributed by atoms with Crippen LogP contribution in [0.25, 0.3) is 10.9 Å². The van der Waals surface area contributed by atoms with E-state index >= 15 is 0 Å². The molecule has 0 atom stereocenters. The van der Waals surface area contributed by atoms with Crippen molar-refractivity contribution in [2.24, 2.45) is 0 Å². The smallest absolute Gasteiger partial charge is 0.120 e. The predicted molar refractivity (Wildman–Crippen MR) is 87.5 cm³/mol. The van der Waals surface area contributed by atoms with E-state index < -0.39 is 0 Å². The van der Waals surface area contributed by atoms with E-state index in [1.807, 2.05) is 31.2 Å². The van der Waals surface area contributed by atoms with Crippen LogP contribution in [-0.2, 0) is 0 Å². The van der Waals surface area contributed by atoms with E-state index in [-0.39, 0.29) is 0 Å². The van der Waals surface area contributed by atoms with Crippen molar-refractivity contribution >= 4 is 22.3 Å². The van der Waals surface area contributed by atoms with Gasteiger partial charge in [-0.2, -0.15) is 0 Å². The molecule has 0 aliphatic heterocycles. The first-order valence-corrected chi connectivity index (χ1v) is 6.95. The fraction of sp³-hybridized carbons (Fsp3) is 0.167. The summed E-state index contributed by atoms with van der Waals surface area (Å²) in [6, 6.07) is 16.2. The number of ether oxygens (including phenoxy) is 1. The maximum absolute atomic E-state index is 5.27. The van der Waals surface area contributed by atoms with Gasteiger partial charge in [0.1, 0.15) is 5.75 Å². The minimum Gasteiger partial charge on any atom is -0.497 e. The monoisotopic (exact) mass is 278 g/mol. The topological polar surface area (TPSA) is 34.1 Å². The molecule has 2 aromatic carbocycles. The molecule has 3 nitrogen and oxygen atoms in total. The molecule has 1 N–H and O–H groups in total. The number of nitrogens with one attached hydrogen (secondary N) is 1. The summed E-state index contributed by atoms with van der Waals surface area (Å²) in [5, 5.41) is 4.60. The number of para-hydroxylation sites is 1. The molecule has 0 spiro atoms. The van der Waals surface area contributed by atoms with Gasteiger partial charge < -0.3 is 10.1 Å². The van der Waals surface area contributed by atoms with Gasteiger partial charge in [0.2, 0.25) is 0 Å². The molecule has 0 aliphatic carbocycles. The van der Waals surface area contributed by atoms with Crippen LogP contribution < -0.4 is 10.1 Å². The average molecular weight is 278 g/mol. The summed E-state index contributed by atoms with van der Waals surface area (Å²) >= 11 is 0. The number of aromatic nitrogens is 1. The molecular weight excluding hydrogens is 260 g/mol. The van der Waals surface area contributed by atoms with Crippen LogP contribution in [0.1, 0.15) is 11.3 Å². The maximum atomic E-state index is 5.27. The molecule has 1 heterocycles. The van der Waals surface area contributed by atoms with Gasteiger partial charge in [-0.05, 0) is 37.6 Å². The summed E-state index contributed by atoms with van der Waals surface area (Å²) in [5.41, 5.74) is 5.30. The average Bonchev–Trinajstić information content (AvgIpc) is 2.48. The number of nitrogens with zero attached hydrogens (tertiary/aromatic N) is 1. The third-order valence-corrected chi connectivity index (χ3v) is 3.52. The van der Waals surface area contributed by atoms with Crippen LogP contribution in [-0.4, -0.2) is 12.1 Å². The number of fused-ring (bicyclic) bond motifs is 1. The van der Waals surface area contributed by atoms with Gasteiger partial charge in [0.15, 0.2) is 0 Å². The first-order chi connectivity index (χ1) is 10.2. The Morgan fingerprint density at radius 3 is 2.62 bits per heavy atom. The van der Waals surface area contributed by atoms with Crippen molar-refractivity contribution in [1.29, 1.82) is 0 Å².